The number of aryl methyl sites for hydroxylation is 2. The average molecular weight is 349 g/mol. The Kier molecular flexibility index (Phi) is 4.33. The molecule has 1 aliphatic heterocycles. The molecule has 2 aromatic rings. The molecule has 26 heavy (non-hydrogen) atoms. The summed E-state index contributed by atoms with van der Waals surface area (Å²) in [6.45, 7) is 3.38. The summed E-state index contributed by atoms with van der Waals surface area (Å²) in [6, 6.07) is 6.34. The van der Waals surface area contributed by atoms with E-state index in [0.717, 1.165) is 63.0 Å². The van der Waals surface area contributed by atoms with Gasteiger partial charge in [0.2, 0.25) is 5.95 Å². The van der Waals surface area contributed by atoms with E-state index in [1.165, 1.54) is 11.3 Å². The van der Waals surface area contributed by atoms with Gasteiger partial charge in [-0.2, -0.15) is 10.2 Å². The van der Waals surface area contributed by atoms with Crippen LogP contribution < -0.4 is 14.7 Å². The number of aromatic nitrogens is 3. The third-order valence-corrected chi connectivity index (χ3v) is 5.08. The van der Waals surface area contributed by atoms with Gasteiger partial charge in [-0.05, 0) is 37.0 Å². The number of pyridine rings is 1. The lowest BCUT2D eigenvalue weighted by Crippen LogP contribution is -2.47. The molecule has 0 amide bonds. The van der Waals surface area contributed by atoms with Crippen molar-refractivity contribution in [3.8, 4) is 6.07 Å². The lowest BCUT2D eigenvalue weighted by atomic mass is 10.1. The highest BCUT2D eigenvalue weighted by Crippen LogP contribution is 2.28. The lowest BCUT2D eigenvalue weighted by molar-refractivity contribution is 0.639. The molecule has 0 atom stereocenters. The molecular weight excluding hydrogens is 326 g/mol. The van der Waals surface area contributed by atoms with Gasteiger partial charge < -0.3 is 14.7 Å². The molecule has 134 valence electrons. The van der Waals surface area contributed by atoms with Gasteiger partial charge in [0.1, 0.15) is 17.7 Å². The second kappa shape index (κ2) is 6.79. The van der Waals surface area contributed by atoms with Crippen molar-refractivity contribution < 1.29 is 0 Å². The molecule has 0 radical (unpaired) electrons. The summed E-state index contributed by atoms with van der Waals surface area (Å²) >= 11 is 0. The molecule has 0 aromatic carbocycles. The number of hydrogen-bond acceptors (Lipinski definition) is 7. The maximum atomic E-state index is 9.54. The van der Waals surface area contributed by atoms with Gasteiger partial charge in [-0.15, -0.1) is 0 Å². The fraction of sp³-hybridized carbons (Fsp3) is 0.474. The molecule has 0 spiro atoms. The van der Waals surface area contributed by atoms with E-state index in [2.05, 4.69) is 25.8 Å². The van der Waals surface area contributed by atoms with Crippen molar-refractivity contribution in [1.29, 1.82) is 5.26 Å². The molecule has 0 N–H and O–H groups in total. The molecule has 1 aliphatic carbocycles. The zero-order chi connectivity index (χ0) is 18.1. The first-order chi connectivity index (χ1) is 12.7. The molecule has 4 rings (SSSR count). The first kappa shape index (κ1) is 16.6. The minimum Gasteiger partial charge on any atom is -0.353 e. The van der Waals surface area contributed by atoms with Crippen LogP contribution in [0.1, 0.15) is 23.2 Å². The summed E-state index contributed by atoms with van der Waals surface area (Å²) in [6.07, 6.45) is 5.03. The van der Waals surface area contributed by atoms with Gasteiger partial charge in [-0.25, -0.2) is 9.97 Å². The highest BCUT2D eigenvalue weighted by molar-refractivity contribution is 5.58. The Labute approximate surface area is 153 Å². The largest absolute Gasteiger partial charge is 0.353 e. The average Bonchev–Trinajstić information content (AvgIpc) is 3.14. The Morgan fingerprint density at radius 2 is 1.85 bits per heavy atom. The molecule has 3 heterocycles. The Morgan fingerprint density at radius 1 is 1.08 bits per heavy atom. The first-order valence-electron chi connectivity index (χ1n) is 9.09. The van der Waals surface area contributed by atoms with Crippen molar-refractivity contribution in [3.05, 3.63) is 35.2 Å². The Morgan fingerprint density at radius 3 is 2.58 bits per heavy atom. The maximum Gasteiger partial charge on any atom is 0.226 e. The fourth-order valence-electron chi connectivity index (χ4n) is 3.66. The summed E-state index contributed by atoms with van der Waals surface area (Å²) in [5.41, 5.74) is 3.13. The van der Waals surface area contributed by atoms with E-state index in [4.69, 9.17) is 4.98 Å². The van der Waals surface area contributed by atoms with E-state index < -0.39 is 0 Å². The van der Waals surface area contributed by atoms with E-state index in [-0.39, 0.29) is 0 Å². The zero-order valence-corrected chi connectivity index (χ0v) is 15.3. The van der Waals surface area contributed by atoms with Crippen LogP contribution in [0.15, 0.2) is 18.3 Å². The molecule has 2 aliphatic rings. The van der Waals surface area contributed by atoms with Crippen LogP contribution in [0.4, 0.5) is 17.6 Å². The van der Waals surface area contributed by atoms with Gasteiger partial charge in [0, 0.05) is 52.2 Å². The second-order valence-electron chi connectivity index (χ2n) is 7.01. The summed E-state index contributed by atoms with van der Waals surface area (Å²) in [4.78, 5) is 20.2. The second-order valence-corrected chi connectivity index (χ2v) is 7.01. The molecule has 7 nitrogen and oxygen atoms in total. The Hall–Kier alpha value is -2.88. The number of piperazine rings is 1. The molecule has 0 bridgehead atoms. The van der Waals surface area contributed by atoms with Crippen molar-refractivity contribution in [2.24, 2.45) is 0 Å². The van der Waals surface area contributed by atoms with Crippen LogP contribution in [0, 0.1) is 11.3 Å². The zero-order valence-electron chi connectivity index (χ0n) is 15.3. The molecular formula is C19H23N7. The maximum absolute atomic E-state index is 9.54. The number of nitrogens with zero attached hydrogens (tertiary/aromatic N) is 7. The minimum atomic E-state index is 0.705. The number of anilines is 3. The van der Waals surface area contributed by atoms with Crippen LogP contribution in [0.2, 0.25) is 0 Å². The molecule has 7 heteroatoms. The first-order valence-corrected chi connectivity index (χ1v) is 9.09. The lowest BCUT2D eigenvalue weighted by Gasteiger charge is -2.36. The van der Waals surface area contributed by atoms with Crippen LogP contribution >= 0.6 is 0 Å². The SMILES string of the molecule is CN(C)c1nccc(N2CCN(c3nc4c(cc3C#N)CCC4)CC2)n1. The van der Waals surface area contributed by atoms with Crippen molar-refractivity contribution in [2.45, 2.75) is 19.3 Å². The molecule has 2 aromatic heterocycles. The number of hydrogen-bond donors (Lipinski definition) is 0. The van der Waals surface area contributed by atoms with Crippen molar-refractivity contribution in [3.63, 3.8) is 0 Å². The van der Waals surface area contributed by atoms with Gasteiger partial charge in [0.25, 0.3) is 0 Å². The van der Waals surface area contributed by atoms with Crippen molar-refractivity contribution >= 4 is 17.6 Å². The topological polar surface area (TPSA) is 72.2 Å². The van der Waals surface area contributed by atoms with Gasteiger partial charge in [0.15, 0.2) is 0 Å². The highest BCUT2D eigenvalue weighted by atomic mass is 15.3. The summed E-state index contributed by atoms with van der Waals surface area (Å²) in [5, 5.41) is 9.54. The Balaban J connectivity index is 1.51. The van der Waals surface area contributed by atoms with Crippen molar-refractivity contribution in [2.75, 3.05) is 55.0 Å². The summed E-state index contributed by atoms with van der Waals surface area (Å²) in [5.74, 6) is 2.52. The standard InChI is InChI=1S/C19H23N7/c1-24(2)19-21-7-6-17(23-19)25-8-10-26(11-9-25)18-15(13-20)12-14-4-3-5-16(14)22-18/h6-7,12H,3-5,8-11H2,1-2H3. The molecule has 0 saturated carbocycles. The highest BCUT2D eigenvalue weighted by Gasteiger charge is 2.24. The number of rotatable bonds is 3. The van der Waals surface area contributed by atoms with Crippen LogP contribution in [-0.2, 0) is 12.8 Å². The fourth-order valence-corrected chi connectivity index (χ4v) is 3.66. The third kappa shape index (κ3) is 3.03. The van der Waals surface area contributed by atoms with Crippen LogP contribution in [0.25, 0.3) is 0 Å². The quantitative estimate of drug-likeness (QED) is 0.834. The monoisotopic (exact) mass is 349 g/mol. The van der Waals surface area contributed by atoms with Crippen molar-refractivity contribution in [1.82, 2.24) is 15.0 Å². The van der Waals surface area contributed by atoms with Gasteiger partial charge in [0.05, 0.1) is 5.56 Å². The molecule has 1 saturated heterocycles. The Bertz CT molecular complexity index is 847. The van der Waals surface area contributed by atoms with Crippen LogP contribution in [0.3, 0.4) is 0 Å². The van der Waals surface area contributed by atoms with Gasteiger partial charge >= 0.3 is 0 Å². The smallest absolute Gasteiger partial charge is 0.226 e. The van der Waals surface area contributed by atoms with E-state index in [9.17, 15) is 5.26 Å². The normalized spacial score (nSPS) is 16.3. The van der Waals surface area contributed by atoms with E-state index in [0.29, 0.717) is 5.56 Å². The third-order valence-electron chi connectivity index (χ3n) is 5.08. The van der Waals surface area contributed by atoms with E-state index >= 15 is 0 Å². The predicted octanol–water partition coefficient (Wildman–Crippen LogP) is 1.62. The summed E-state index contributed by atoms with van der Waals surface area (Å²) < 4.78 is 0. The minimum absolute atomic E-state index is 0.705. The number of fused-ring (bicyclic) bond motifs is 1. The van der Waals surface area contributed by atoms with Gasteiger partial charge in [-0.3, -0.25) is 0 Å². The van der Waals surface area contributed by atoms with Crippen LogP contribution in [-0.4, -0.2) is 55.2 Å². The molecule has 0 unspecified atom stereocenters. The van der Waals surface area contributed by atoms with E-state index in [1.807, 2.05) is 31.1 Å². The molecule has 1 fully saturated rings. The van der Waals surface area contributed by atoms with Crippen LogP contribution in [0.5, 0.6) is 0 Å². The predicted molar refractivity (Wildman–Crippen MR) is 102 cm³/mol. The summed E-state index contributed by atoms with van der Waals surface area (Å²) in [7, 11) is 3.89. The van der Waals surface area contributed by atoms with Gasteiger partial charge in [-0.1, -0.05) is 0 Å². The number of nitriles is 1. The van der Waals surface area contributed by atoms with E-state index in [1.54, 1.807) is 6.20 Å².